The lowest BCUT2D eigenvalue weighted by Crippen LogP contribution is -2.34. The van der Waals surface area contributed by atoms with E-state index in [1.165, 1.54) is 6.92 Å². The zero-order valence-electron chi connectivity index (χ0n) is 15.2. The SMILES string of the molecule is C=C(Cl)N=C(/C(F)=C\N)N(CCCOC)c1cccc(NC(C)=O)c1C. The third-order valence-electron chi connectivity index (χ3n) is 3.48. The zero-order valence-corrected chi connectivity index (χ0v) is 15.9. The molecule has 0 fully saturated rings. The molecule has 26 heavy (non-hydrogen) atoms. The molecule has 0 saturated heterocycles. The van der Waals surface area contributed by atoms with E-state index in [2.05, 4.69) is 16.9 Å². The van der Waals surface area contributed by atoms with Crippen molar-refractivity contribution in [3.63, 3.8) is 0 Å². The van der Waals surface area contributed by atoms with Crippen LogP contribution in [-0.2, 0) is 9.53 Å². The highest BCUT2D eigenvalue weighted by molar-refractivity contribution is 6.30. The number of aliphatic imine (C=N–C) groups is 1. The average Bonchev–Trinajstić information content (AvgIpc) is 2.58. The van der Waals surface area contributed by atoms with Crippen LogP contribution >= 0.6 is 11.6 Å². The van der Waals surface area contributed by atoms with Gasteiger partial charge in [-0.2, -0.15) is 0 Å². The molecule has 0 aromatic heterocycles. The number of nitrogens with one attached hydrogen (secondary N) is 1. The van der Waals surface area contributed by atoms with Crippen molar-refractivity contribution >= 4 is 34.7 Å². The predicted molar refractivity (Wildman–Crippen MR) is 105 cm³/mol. The quantitative estimate of drug-likeness (QED) is 0.311. The molecule has 0 aliphatic carbocycles. The number of nitrogens with two attached hydrogens (primary N) is 1. The van der Waals surface area contributed by atoms with Crippen molar-refractivity contribution in [2.24, 2.45) is 10.7 Å². The van der Waals surface area contributed by atoms with Gasteiger partial charge in [0.2, 0.25) is 5.91 Å². The summed E-state index contributed by atoms with van der Waals surface area (Å²) in [6.45, 7) is 7.61. The molecule has 0 saturated carbocycles. The number of carbonyl (C=O) groups excluding carboxylic acids is 1. The Bertz CT molecular complexity index is 719. The molecule has 1 aromatic carbocycles. The Morgan fingerprint density at radius 3 is 2.77 bits per heavy atom. The zero-order chi connectivity index (χ0) is 19.7. The van der Waals surface area contributed by atoms with E-state index in [1.54, 1.807) is 30.2 Å². The number of amidine groups is 1. The first-order chi connectivity index (χ1) is 12.3. The van der Waals surface area contributed by atoms with Crippen LogP contribution in [0.5, 0.6) is 0 Å². The molecular weight excluding hydrogens is 359 g/mol. The Morgan fingerprint density at radius 1 is 1.54 bits per heavy atom. The largest absolute Gasteiger partial charge is 0.402 e. The van der Waals surface area contributed by atoms with Gasteiger partial charge in [-0.05, 0) is 31.0 Å². The molecule has 8 heteroatoms. The maximum absolute atomic E-state index is 14.4. The van der Waals surface area contributed by atoms with Crippen molar-refractivity contribution in [2.75, 3.05) is 30.5 Å². The molecule has 0 atom stereocenters. The molecule has 0 spiro atoms. The Hall–Kier alpha value is -2.38. The smallest absolute Gasteiger partial charge is 0.221 e. The molecule has 0 unspecified atom stereocenters. The third kappa shape index (κ3) is 6.16. The molecule has 6 nitrogen and oxygen atoms in total. The van der Waals surface area contributed by atoms with Gasteiger partial charge in [0.1, 0.15) is 5.16 Å². The summed E-state index contributed by atoms with van der Waals surface area (Å²) in [5.74, 6) is -1.01. The fourth-order valence-electron chi connectivity index (χ4n) is 2.38. The highest BCUT2D eigenvalue weighted by Crippen LogP contribution is 2.29. The Morgan fingerprint density at radius 2 is 2.23 bits per heavy atom. The summed E-state index contributed by atoms with van der Waals surface area (Å²) in [4.78, 5) is 17.0. The summed E-state index contributed by atoms with van der Waals surface area (Å²) in [5, 5.41) is 2.67. The number of halogens is 2. The highest BCUT2D eigenvalue weighted by atomic mass is 35.5. The van der Waals surface area contributed by atoms with E-state index in [0.717, 1.165) is 11.8 Å². The molecule has 1 rings (SSSR count). The van der Waals surface area contributed by atoms with Crippen LogP contribution in [0.4, 0.5) is 15.8 Å². The lowest BCUT2D eigenvalue weighted by atomic mass is 10.1. The number of rotatable bonds is 8. The summed E-state index contributed by atoms with van der Waals surface area (Å²) < 4.78 is 19.5. The van der Waals surface area contributed by atoms with Crippen LogP contribution in [0.15, 0.2) is 47.0 Å². The van der Waals surface area contributed by atoms with Crippen molar-refractivity contribution in [3.8, 4) is 0 Å². The number of hydrogen-bond acceptors (Lipinski definition) is 4. The van der Waals surface area contributed by atoms with Crippen LogP contribution in [0, 0.1) is 6.92 Å². The van der Waals surface area contributed by atoms with Gasteiger partial charge in [-0.15, -0.1) is 0 Å². The summed E-state index contributed by atoms with van der Waals surface area (Å²) in [6, 6.07) is 5.32. The topological polar surface area (TPSA) is 79.9 Å². The fourth-order valence-corrected chi connectivity index (χ4v) is 2.46. The predicted octanol–water partition coefficient (Wildman–Crippen LogP) is 3.67. The van der Waals surface area contributed by atoms with E-state index in [0.29, 0.717) is 30.9 Å². The molecule has 0 bridgehead atoms. The monoisotopic (exact) mass is 382 g/mol. The summed E-state index contributed by atoms with van der Waals surface area (Å²) >= 11 is 5.78. The number of hydrogen-bond donors (Lipinski definition) is 2. The number of carbonyl (C=O) groups is 1. The molecule has 0 aliphatic rings. The number of nitrogens with zero attached hydrogens (tertiary/aromatic N) is 2. The van der Waals surface area contributed by atoms with Crippen LogP contribution in [0.25, 0.3) is 0 Å². The van der Waals surface area contributed by atoms with E-state index >= 15 is 0 Å². The number of benzene rings is 1. The van der Waals surface area contributed by atoms with Crippen LogP contribution in [-0.4, -0.2) is 32.0 Å². The maximum atomic E-state index is 14.4. The first-order valence-corrected chi connectivity index (χ1v) is 8.34. The van der Waals surface area contributed by atoms with Gasteiger partial charge in [0, 0.05) is 44.8 Å². The number of amides is 1. The molecule has 0 aliphatic heterocycles. The van der Waals surface area contributed by atoms with Crippen molar-refractivity contribution in [3.05, 3.63) is 47.5 Å². The summed E-state index contributed by atoms with van der Waals surface area (Å²) in [6.07, 6.45) is 1.42. The second-order valence-electron chi connectivity index (χ2n) is 5.46. The first-order valence-electron chi connectivity index (χ1n) is 7.96. The van der Waals surface area contributed by atoms with E-state index in [4.69, 9.17) is 22.1 Å². The van der Waals surface area contributed by atoms with Gasteiger partial charge in [0.05, 0.1) is 0 Å². The van der Waals surface area contributed by atoms with Gasteiger partial charge in [-0.3, -0.25) is 4.79 Å². The number of anilines is 2. The van der Waals surface area contributed by atoms with E-state index in [9.17, 15) is 9.18 Å². The van der Waals surface area contributed by atoms with Crippen LogP contribution in [0.1, 0.15) is 18.9 Å². The van der Waals surface area contributed by atoms with Gasteiger partial charge in [0.15, 0.2) is 11.7 Å². The van der Waals surface area contributed by atoms with Gasteiger partial charge in [-0.1, -0.05) is 24.2 Å². The van der Waals surface area contributed by atoms with Crippen LogP contribution in [0.3, 0.4) is 0 Å². The minimum Gasteiger partial charge on any atom is -0.402 e. The van der Waals surface area contributed by atoms with Crippen molar-refractivity contribution < 1.29 is 13.9 Å². The van der Waals surface area contributed by atoms with Crippen molar-refractivity contribution in [1.82, 2.24) is 0 Å². The van der Waals surface area contributed by atoms with Crippen molar-refractivity contribution in [1.29, 1.82) is 0 Å². The third-order valence-corrected chi connectivity index (χ3v) is 3.56. The lowest BCUT2D eigenvalue weighted by molar-refractivity contribution is -0.114. The van der Waals surface area contributed by atoms with E-state index in [-0.39, 0.29) is 16.9 Å². The normalized spacial score (nSPS) is 12.0. The van der Waals surface area contributed by atoms with E-state index < -0.39 is 5.83 Å². The Kier molecular flexibility index (Phi) is 8.81. The van der Waals surface area contributed by atoms with Crippen molar-refractivity contribution in [2.45, 2.75) is 20.3 Å². The molecule has 1 aromatic rings. The van der Waals surface area contributed by atoms with Gasteiger partial charge < -0.3 is 20.7 Å². The van der Waals surface area contributed by atoms with E-state index in [1.807, 2.05) is 6.92 Å². The van der Waals surface area contributed by atoms with Gasteiger partial charge in [-0.25, -0.2) is 9.38 Å². The van der Waals surface area contributed by atoms with Crippen LogP contribution < -0.4 is 16.0 Å². The maximum Gasteiger partial charge on any atom is 0.221 e. The second kappa shape index (κ2) is 10.6. The van der Waals surface area contributed by atoms with Crippen LogP contribution in [0.2, 0.25) is 0 Å². The molecular formula is C18H24ClFN4O2. The first kappa shape index (κ1) is 21.7. The standard InChI is InChI=1S/C18H24ClFN4O2/c1-12-16(23-14(3)25)7-5-8-17(12)24(9-6-10-26-4)18(15(20)11-21)22-13(2)19/h5,7-8,11H,2,6,9-10,21H2,1,3-4H3,(H,23,25)/b15-11+,22-18?. The second-order valence-corrected chi connectivity index (χ2v) is 5.89. The van der Waals surface area contributed by atoms with Gasteiger partial charge in [0.25, 0.3) is 0 Å². The minimum absolute atomic E-state index is 0.0633. The lowest BCUT2D eigenvalue weighted by Gasteiger charge is -2.28. The summed E-state index contributed by atoms with van der Waals surface area (Å²) in [7, 11) is 1.59. The Labute approximate surface area is 158 Å². The number of methoxy groups -OCH3 is 1. The molecule has 0 radical (unpaired) electrons. The molecule has 3 N–H and O–H groups in total. The number of ether oxygens (including phenoxy) is 1. The fraction of sp³-hybridized carbons (Fsp3) is 0.333. The summed E-state index contributed by atoms with van der Waals surface area (Å²) in [5.41, 5.74) is 7.37. The highest BCUT2D eigenvalue weighted by Gasteiger charge is 2.21. The average molecular weight is 383 g/mol. The molecule has 0 heterocycles. The molecule has 1 amide bonds. The Balaban J connectivity index is 3.46. The molecule has 142 valence electrons. The minimum atomic E-state index is -0.742. The van der Waals surface area contributed by atoms with Gasteiger partial charge >= 0.3 is 0 Å².